The Balaban J connectivity index is 0.975. The van der Waals surface area contributed by atoms with E-state index in [4.69, 9.17) is 0 Å². The van der Waals surface area contributed by atoms with Gasteiger partial charge in [-0.2, -0.15) is 0 Å². The average Bonchev–Trinajstić information content (AvgIpc) is 3.80. The lowest BCUT2D eigenvalue weighted by molar-refractivity contribution is 1.18. The largest absolute Gasteiger partial charge is 0.310 e. The first-order chi connectivity index (χ1) is 28.3. The molecule has 0 aliphatic rings. The first-order valence-corrected chi connectivity index (χ1v) is 19.5. The van der Waals surface area contributed by atoms with Crippen molar-refractivity contribution in [1.82, 2.24) is 9.13 Å². The molecule has 3 nitrogen and oxygen atoms in total. The fourth-order valence-electron chi connectivity index (χ4n) is 8.64. The molecule has 0 amide bonds. The van der Waals surface area contributed by atoms with Gasteiger partial charge in [0.25, 0.3) is 0 Å². The van der Waals surface area contributed by atoms with Gasteiger partial charge in [-0.1, -0.05) is 146 Å². The van der Waals surface area contributed by atoms with E-state index in [-0.39, 0.29) is 0 Å². The second kappa shape index (κ2) is 13.6. The zero-order valence-electron chi connectivity index (χ0n) is 31.2. The minimum absolute atomic E-state index is 1.10. The molecule has 268 valence electrons. The maximum Gasteiger partial charge on any atom is 0.0561 e. The summed E-state index contributed by atoms with van der Waals surface area (Å²) in [4.78, 5) is 2.36. The molecule has 2 heterocycles. The molecule has 0 saturated heterocycles. The maximum absolute atomic E-state index is 2.40. The van der Waals surface area contributed by atoms with E-state index in [9.17, 15) is 0 Å². The Labute approximate surface area is 331 Å². The van der Waals surface area contributed by atoms with Crippen molar-refractivity contribution in [2.24, 2.45) is 0 Å². The van der Waals surface area contributed by atoms with E-state index in [2.05, 4.69) is 238 Å². The molecular weight excluding hydrogens is 691 g/mol. The van der Waals surface area contributed by atoms with Gasteiger partial charge in [0.2, 0.25) is 0 Å². The summed E-state index contributed by atoms with van der Waals surface area (Å²) < 4.78 is 4.77. The minimum Gasteiger partial charge on any atom is -0.310 e. The van der Waals surface area contributed by atoms with Crippen LogP contribution in [-0.2, 0) is 0 Å². The smallest absolute Gasteiger partial charge is 0.0561 e. The van der Waals surface area contributed by atoms with Gasteiger partial charge in [0.1, 0.15) is 0 Å². The van der Waals surface area contributed by atoms with Crippen LogP contribution in [0, 0.1) is 0 Å². The molecule has 11 rings (SSSR count). The molecular formula is C54H37N3. The average molecular weight is 728 g/mol. The molecule has 57 heavy (non-hydrogen) atoms. The van der Waals surface area contributed by atoms with E-state index in [1.165, 1.54) is 65.9 Å². The molecule has 2 aromatic heterocycles. The van der Waals surface area contributed by atoms with Crippen molar-refractivity contribution >= 4 is 60.7 Å². The van der Waals surface area contributed by atoms with Crippen LogP contribution in [0.5, 0.6) is 0 Å². The van der Waals surface area contributed by atoms with Gasteiger partial charge >= 0.3 is 0 Å². The van der Waals surface area contributed by atoms with E-state index >= 15 is 0 Å². The molecule has 0 N–H and O–H groups in total. The molecule has 11 aromatic rings. The molecule has 0 atom stereocenters. The zero-order valence-corrected chi connectivity index (χ0v) is 31.2. The quantitative estimate of drug-likeness (QED) is 0.159. The Bertz CT molecular complexity index is 3140. The van der Waals surface area contributed by atoms with Gasteiger partial charge in [0.05, 0.1) is 22.1 Å². The number of aromatic nitrogens is 2. The summed E-state index contributed by atoms with van der Waals surface area (Å²) in [6.45, 7) is 0. The second-order valence-corrected chi connectivity index (χ2v) is 14.6. The lowest BCUT2D eigenvalue weighted by Gasteiger charge is -2.26. The van der Waals surface area contributed by atoms with Crippen molar-refractivity contribution in [2.75, 3.05) is 4.90 Å². The van der Waals surface area contributed by atoms with E-state index in [1.807, 2.05) is 0 Å². The highest BCUT2D eigenvalue weighted by atomic mass is 15.1. The third-order valence-corrected chi connectivity index (χ3v) is 11.3. The number of benzene rings is 9. The van der Waals surface area contributed by atoms with Crippen LogP contribution in [0.1, 0.15) is 0 Å². The summed E-state index contributed by atoms with van der Waals surface area (Å²) in [6, 6.07) is 81.0. The molecule has 0 spiro atoms. The van der Waals surface area contributed by atoms with Gasteiger partial charge < -0.3 is 14.0 Å². The van der Waals surface area contributed by atoms with Crippen molar-refractivity contribution in [3.63, 3.8) is 0 Å². The molecule has 0 aliphatic carbocycles. The fraction of sp³-hybridized carbons (Fsp3) is 0. The summed E-state index contributed by atoms with van der Waals surface area (Å²) in [7, 11) is 0. The van der Waals surface area contributed by atoms with E-state index < -0.39 is 0 Å². The number of rotatable bonds is 7. The van der Waals surface area contributed by atoms with Crippen molar-refractivity contribution < 1.29 is 0 Å². The summed E-state index contributed by atoms with van der Waals surface area (Å²) >= 11 is 0. The molecule has 0 saturated carbocycles. The van der Waals surface area contributed by atoms with Gasteiger partial charge in [-0.3, -0.25) is 0 Å². The highest BCUT2D eigenvalue weighted by Crippen LogP contribution is 2.40. The standard InChI is InChI=1S/C54H37N3/c1-3-13-38(14-4-1)39-25-33-45(34-26-39)57-53-22-12-9-19-49(53)50-36-35-46(37-54(50)57)55(42-15-5-2-6-16-42)43-29-23-40(24-30-43)41-27-31-44(32-28-41)56-51-20-10-7-17-47(51)48-18-8-11-21-52(48)56/h1-37H. The predicted molar refractivity (Wildman–Crippen MR) is 241 cm³/mol. The maximum atomic E-state index is 2.40. The van der Waals surface area contributed by atoms with Gasteiger partial charge in [-0.25, -0.2) is 0 Å². The summed E-state index contributed by atoms with van der Waals surface area (Å²) in [5, 5.41) is 5.02. The van der Waals surface area contributed by atoms with Crippen LogP contribution in [0.3, 0.4) is 0 Å². The third-order valence-electron chi connectivity index (χ3n) is 11.3. The molecule has 0 radical (unpaired) electrons. The van der Waals surface area contributed by atoms with E-state index in [0.717, 1.165) is 28.4 Å². The fourth-order valence-corrected chi connectivity index (χ4v) is 8.64. The molecule has 0 unspecified atom stereocenters. The molecule has 0 aliphatic heterocycles. The van der Waals surface area contributed by atoms with Crippen molar-refractivity contribution in [2.45, 2.75) is 0 Å². The Morgan fingerprint density at radius 1 is 0.246 bits per heavy atom. The number of nitrogens with zero attached hydrogens (tertiary/aromatic N) is 3. The number of anilines is 3. The van der Waals surface area contributed by atoms with E-state index in [0.29, 0.717) is 0 Å². The van der Waals surface area contributed by atoms with Crippen molar-refractivity contribution in [3.05, 3.63) is 224 Å². The SMILES string of the molecule is c1ccc(-c2ccc(-n3c4ccccc4c4ccc(N(c5ccccc5)c5ccc(-c6ccc(-n7c8ccccc8c8ccccc87)cc6)cc5)cc43)cc2)cc1. The predicted octanol–water partition coefficient (Wildman–Crippen LogP) is 14.7. The number of para-hydroxylation sites is 4. The van der Waals surface area contributed by atoms with Crippen LogP contribution in [0.4, 0.5) is 17.1 Å². The minimum atomic E-state index is 1.10. The highest BCUT2D eigenvalue weighted by Gasteiger charge is 2.18. The first-order valence-electron chi connectivity index (χ1n) is 19.5. The molecule has 9 aromatic carbocycles. The van der Waals surface area contributed by atoms with Crippen LogP contribution >= 0.6 is 0 Å². The highest BCUT2D eigenvalue weighted by molar-refractivity contribution is 6.11. The van der Waals surface area contributed by atoms with Crippen molar-refractivity contribution in [3.8, 4) is 33.6 Å². The summed E-state index contributed by atoms with van der Waals surface area (Å²) in [5.41, 5.74) is 15.2. The van der Waals surface area contributed by atoms with E-state index in [1.54, 1.807) is 0 Å². The number of hydrogen-bond acceptors (Lipinski definition) is 1. The van der Waals surface area contributed by atoms with Gasteiger partial charge in [-0.05, 0) is 101 Å². The molecule has 0 fully saturated rings. The Morgan fingerprint density at radius 3 is 1.11 bits per heavy atom. The normalized spacial score (nSPS) is 11.5. The zero-order chi connectivity index (χ0) is 37.7. The monoisotopic (exact) mass is 727 g/mol. The second-order valence-electron chi connectivity index (χ2n) is 14.6. The van der Waals surface area contributed by atoms with Crippen molar-refractivity contribution in [1.29, 1.82) is 0 Å². The topological polar surface area (TPSA) is 13.1 Å². The lowest BCUT2D eigenvalue weighted by atomic mass is 10.0. The Hall–Kier alpha value is -7.62. The van der Waals surface area contributed by atoms with Crippen LogP contribution in [0.15, 0.2) is 224 Å². The first kappa shape index (κ1) is 32.8. The number of fused-ring (bicyclic) bond motifs is 6. The van der Waals surface area contributed by atoms with Gasteiger partial charge in [-0.15, -0.1) is 0 Å². The van der Waals surface area contributed by atoms with Crippen LogP contribution < -0.4 is 4.90 Å². The van der Waals surface area contributed by atoms with Crippen LogP contribution in [0.2, 0.25) is 0 Å². The van der Waals surface area contributed by atoms with Gasteiger partial charge in [0.15, 0.2) is 0 Å². The van der Waals surface area contributed by atoms with Crippen LogP contribution in [0.25, 0.3) is 77.2 Å². The van der Waals surface area contributed by atoms with Gasteiger partial charge in [0, 0.05) is 50.0 Å². The Kier molecular flexibility index (Phi) is 7.82. The Morgan fingerprint density at radius 2 is 0.596 bits per heavy atom. The van der Waals surface area contributed by atoms with Crippen LogP contribution in [-0.4, -0.2) is 9.13 Å². The third kappa shape index (κ3) is 5.60. The number of hydrogen-bond donors (Lipinski definition) is 0. The molecule has 0 bridgehead atoms. The lowest BCUT2D eigenvalue weighted by Crippen LogP contribution is -2.10. The molecule has 3 heteroatoms. The summed E-state index contributed by atoms with van der Waals surface area (Å²) in [6.07, 6.45) is 0. The summed E-state index contributed by atoms with van der Waals surface area (Å²) in [5.74, 6) is 0.